The van der Waals surface area contributed by atoms with Crippen LogP contribution in [0.5, 0.6) is 0 Å². The lowest BCUT2D eigenvalue weighted by Gasteiger charge is -2.39. The van der Waals surface area contributed by atoms with Crippen LogP contribution >= 0.6 is 0 Å². The molecule has 2 N–H and O–H groups in total. The van der Waals surface area contributed by atoms with Crippen LogP contribution in [0.15, 0.2) is 29.2 Å². The smallest absolute Gasteiger partial charge is 0.254 e. The number of carbonyl (C=O) groups excluding carboxylic acids is 1. The average Bonchev–Trinajstić information content (AvgIpc) is 2.62. The van der Waals surface area contributed by atoms with Gasteiger partial charge in [0.1, 0.15) is 0 Å². The van der Waals surface area contributed by atoms with Crippen LogP contribution in [0, 0.1) is 0 Å². The molecule has 0 bridgehead atoms. The van der Waals surface area contributed by atoms with Crippen LogP contribution in [-0.4, -0.2) is 69.6 Å². The van der Waals surface area contributed by atoms with Crippen molar-refractivity contribution in [3.63, 3.8) is 0 Å². The first-order chi connectivity index (χ1) is 11.9. The summed E-state index contributed by atoms with van der Waals surface area (Å²) in [6, 6.07) is 6.06. The number of primary sulfonamides is 1. The molecule has 2 fully saturated rings. The molecule has 0 radical (unpaired) electrons. The molecule has 138 valence electrons. The number of piperidine rings is 1. The molecule has 7 nitrogen and oxygen atoms in total. The summed E-state index contributed by atoms with van der Waals surface area (Å²) in [7, 11) is -3.74. The molecule has 2 aliphatic rings. The largest absolute Gasteiger partial charge is 0.379 e. The Kier molecular flexibility index (Phi) is 5.73. The molecule has 2 aliphatic heterocycles. The second-order valence-corrected chi connectivity index (χ2v) is 8.19. The monoisotopic (exact) mass is 367 g/mol. The zero-order valence-electron chi connectivity index (χ0n) is 14.3. The highest BCUT2D eigenvalue weighted by Crippen LogP contribution is 2.21. The molecule has 1 aromatic carbocycles. The van der Waals surface area contributed by atoms with E-state index >= 15 is 0 Å². The standard InChI is InChI=1S/C17H25N3O4S/c18-25(22,23)16-6-4-14(5-7-16)17(21)20-8-2-1-3-15(20)13-19-9-11-24-12-10-19/h4-7,15H,1-3,8-13H2,(H2,18,22,23)/t15-/m1/s1. The molecule has 3 rings (SSSR count). The van der Waals surface area contributed by atoms with Crippen LogP contribution in [0.3, 0.4) is 0 Å². The summed E-state index contributed by atoms with van der Waals surface area (Å²) in [5.41, 5.74) is 0.501. The first kappa shape index (κ1) is 18.3. The summed E-state index contributed by atoms with van der Waals surface area (Å²) >= 11 is 0. The van der Waals surface area contributed by atoms with Gasteiger partial charge >= 0.3 is 0 Å². The van der Waals surface area contributed by atoms with Crippen molar-refractivity contribution in [1.82, 2.24) is 9.80 Å². The van der Waals surface area contributed by atoms with Gasteiger partial charge in [0.25, 0.3) is 5.91 Å². The Morgan fingerprint density at radius 3 is 2.44 bits per heavy atom. The van der Waals surface area contributed by atoms with Crippen molar-refractivity contribution < 1.29 is 17.9 Å². The fourth-order valence-corrected chi connectivity index (χ4v) is 4.01. The van der Waals surface area contributed by atoms with Gasteiger partial charge in [0.05, 0.1) is 18.1 Å². The molecule has 0 aromatic heterocycles. The SMILES string of the molecule is NS(=O)(=O)c1ccc(C(=O)N2CCCC[C@@H]2CN2CCOCC2)cc1. The second kappa shape index (κ2) is 7.82. The second-order valence-electron chi connectivity index (χ2n) is 6.63. The zero-order valence-corrected chi connectivity index (χ0v) is 15.1. The summed E-state index contributed by atoms with van der Waals surface area (Å²) < 4.78 is 28.1. The number of nitrogens with two attached hydrogens (primary N) is 1. The summed E-state index contributed by atoms with van der Waals surface area (Å²) in [6.45, 7) is 4.91. The fraction of sp³-hybridized carbons (Fsp3) is 0.588. The number of benzene rings is 1. The molecule has 0 spiro atoms. The van der Waals surface area contributed by atoms with Gasteiger partial charge in [-0.2, -0.15) is 0 Å². The van der Waals surface area contributed by atoms with E-state index in [4.69, 9.17) is 9.88 Å². The Morgan fingerprint density at radius 2 is 1.80 bits per heavy atom. The van der Waals surface area contributed by atoms with Crippen LogP contribution < -0.4 is 5.14 Å². The summed E-state index contributed by atoms with van der Waals surface area (Å²) in [6.07, 6.45) is 3.13. The molecule has 2 heterocycles. The maximum Gasteiger partial charge on any atom is 0.254 e. The van der Waals surface area contributed by atoms with E-state index in [0.717, 1.165) is 58.7 Å². The number of nitrogens with zero attached hydrogens (tertiary/aromatic N) is 2. The van der Waals surface area contributed by atoms with Gasteiger partial charge in [-0.25, -0.2) is 13.6 Å². The Labute approximate surface area is 148 Å². The van der Waals surface area contributed by atoms with Crippen LogP contribution in [0.25, 0.3) is 0 Å². The van der Waals surface area contributed by atoms with E-state index in [1.807, 2.05) is 4.90 Å². The van der Waals surface area contributed by atoms with Gasteiger partial charge < -0.3 is 9.64 Å². The lowest BCUT2D eigenvalue weighted by molar-refractivity contribution is 0.0166. The van der Waals surface area contributed by atoms with Gasteiger partial charge in [0.15, 0.2) is 0 Å². The van der Waals surface area contributed by atoms with Crippen molar-refractivity contribution in [3.8, 4) is 0 Å². The van der Waals surface area contributed by atoms with E-state index in [1.54, 1.807) is 12.1 Å². The third kappa shape index (κ3) is 4.58. The number of rotatable bonds is 4. The quantitative estimate of drug-likeness (QED) is 0.844. The van der Waals surface area contributed by atoms with Crippen molar-refractivity contribution in [1.29, 1.82) is 0 Å². The number of likely N-dealkylation sites (tertiary alicyclic amines) is 1. The number of sulfonamides is 1. The third-order valence-corrected chi connectivity index (χ3v) is 5.82. The van der Waals surface area contributed by atoms with Crippen LogP contribution in [0.2, 0.25) is 0 Å². The first-order valence-corrected chi connectivity index (χ1v) is 10.2. The van der Waals surface area contributed by atoms with E-state index in [-0.39, 0.29) is 16.8 Å². The Balaban J connectivity index is 1.71. The van der Waals surface area contributed by atoms with Gasteiger partial charge in [0, 0.05) is 37.8 Å². The van der Waals surface area contributed by atoms with Crippen molar-refractivity contribution in [2.75, 3.05) is 39.4 Å². The molecule has 2 saturated heterocycles. The van der Waals surface area contributed by atoms with E-state index in [2.05, 4.69) is 4.90 Å². The minimum atomic E-state index is -3.74. The molecular weight excluding hydrogens is 342 g/mol. The average molecular weight is 367 g/mol. The maximum atomic E-state index is 12.9. The van der Waals surface area contributed by atoms with E-state index in [9.17, 15) is 13.2 Å². The maximum absolute atomic E-state index is 12.9. The van der Waals surface area contributed by atoms with Crippen molar-refractivity contribution >= 4 is 15.9 Å². The molecule has 1 amide bonds. The van der Waals surface area contributed by atoms with Crippen molar-refractivity contribution in [2.24, 2.45) is 5.14 Å². The molecule has 1 aromatic rings. The molecule has 0 saturated carbocycles. The minimum absolute atomic E-state index is 0.0209. The minimum Gasteiger partial charge on any atom is -0.379 e. The lowest BCUT2D eigenvalue weighted by atomic mass is 10.00. The Hall–Kier alpha value is -1.48. The van der Waals surface area contributed by atoms with E-state index in [1.165, 1.54) is 12.1 Å². The van der Waals surface area contributed by atoms with Crippen LogP contribution in [0.4, 0.5) is 0 Å². The highest BCUT2D eigenvalue weighted by molar-refractivity contribution is 7.89. The first-order valence-electron chi connectivity index (χ1n) is 8.69. The highest BCUT2D eigenvalue weighted by atomic mass is 32.2. The van der Waals surface area contributed by atoms with E-state index < -0.39 is 10.0 Å². The highest BCUT2D eigenvalue weighted by Gasteiger charge is 2.29. The lowest BCUT2D eigenvalue weighted by Crippen LogP contribution is -2.51. The molecule has 25 heavy (non-hydrogen) atoms. The van der Waals surface area contributed by atoms with Gasteiger partial charge in [-0.05, 0) is 43.5 Å². The molecule has 8 heteroatoms. The van der Waals surface area contributed by atoms with Gasteiger partial charge in [0.2, 0.25) is 10.0 Å². The number of carbonyl (C=O) groups is 1. The van der Waals surface area contributed by atoms with Crippen molar-refractivity contribution in [2.45, 2.75) is 30.2 Å². The number of ether oxygens (including phenoxy) is 1. The molecule has 0 aliphatic carbocycles. The predicted octanol–water partition coefficient (Wildman–Crippen LogP) is 0.661. The summed E-state index contributed by atoms with van der Waals surface area (Å²) in [5.74, 6) is -0.0427. The van der Waals surface area contributed by atoms with Crippen LogP contribution in [-0.2, 0) is 14.8 Å². The normalized spacial score (nSPS) is 22.8. The zero-order chi connectivity index (χ0) is 17.9. The van der Waals surface area contributed by atoms with Gasteiger partial charge in [-0.3, -0.25) is 9.69 Å². The number of amides is 1. The van der Waals surface area contributed by atoms with Gasteiger partial charge in [-0.1, -0.05) is 0 Å². The van der Waals surface area contributed by atoms with E-state index in [0.29, 0.717) is 5.56 Å². The predicted molar refractivity (Wildman–Crippen MR) is 93.7 cm³/mol. The van der Waals surface area contributed by atoms with Crippen molar-refractivity contribution in [3.05, 3.63) is 29.8 Å². The Morgan fingerprint density at radius 1 is 1.12 bits per heavy atom. The molecule has 0 unspecified atom stereocenters. The Bertz CT molecular complexity index is 699. The number of hydrogen-bond donors (Lipinski definition) is 1. The third-order valence-electron chi connectivity index (χ3n) is 4.89. The molecule has 1 atom stereocenters. The molecular formula is C17H25N3O4S. The topological polar surface area (TPSA) is 92.9 Å². The number of hydrogen-bond acceptors (Lipinski definition) is 5. The van der Waals surface area contributed by atoms with Crippen LogP contribution in [0.1, 0.15) is 29.6 Å². The van der Waals surface area contributed by atoms with Gasteiger partial charge in [-0.15, -0.1) is 0 Å². The summed E-state index contributed by atoms with van der Waals surface area (Å²) in [5, 5.41) is 5.11. The fourth-order valence-electron chi connectivity index (χ4n) is 3.49. The number of morpholine rings is 1. The summed E-state index contributed by atoms with van der Waals surface area (Å²) in [4.78, 5) is 17.2.